The van der Waals surface area contributed by atoms with Crippen molar-refractivity contribution >= 4 is 28.9 Å². The summed E-state index contributed by atoms with van der Waals surface area (Å²) in [6, 6.07) is 10.7. The third-order valence-electron chi connectivity index (χ3n) is 2.90. The molecule has 1 amide bonds. The van der Waals surface area contributed by atoms with E-state index in [1.54, 1.807) is 18.2 Å². The highest BCUT2D eigenvalue weighted by molar-refractivity contribution is 6.31. The highest BCUT2D eigenvalue weighted by Gasteiger charge is 2.11. The summed E-state index contributed by atoms with van der Waals surface area (Å²) in [5.74, 6) is -0.233. The Morgan fingerprint density at radius 1 is 1.16 bits per heavy atom. The monoisotopic (exact) mass is 274 g/mol. The summed E-state index contributed by atoms with van der Waals surface area (Å²) in [5.41, 5.74) is 9.48. The van der Waals surface area contributed by atoms with E-state index in [0.29, 0.717) is 16.3 Å². The number of nitrogen functional groups attached to an aromatic ring is 1. The Bertz CT molecular complexity index is 638. The Morgan fingerprint density at radius 2 is 1.89 bits per heavy atom. The molecule has 98 valence electrons. The molecule has 0 radical (unpaired) electrons. The number of carbonyl (C=O) groups excluding carboxylic acids is 1. The molecular formula is C15H15ClN2O. The number of carbonyl (C=O) groups is 1. The van der Waals surface area contributed by atoms with Gasteiger partial charge < -0.3 is 11.1 Å². The smallest absolute Gasteiger partial charge is 0.257 e. The van der Waals surface area contributed by atoms with Crippen molar-refractivity contribution in [3.63, 3.8) is 0 Å². The molecular weight excluding hydrogens is 260 g/mol. The van der Waals surface area contributed by atoms with E-state index < -0.39 is 0 Å². The molecule has 4 heteroatoms. The van der Waals surface area contributed by atoms with Gasteiger partial charge in [-0.1, -0.05) is 23.7 Å². The van der Waals surface area contributed by atoms with Crippen LogP contribution >= 0.6 is 11.6 Å². The Balaban J connectivity index is 2.28. The van der Waals surface area contributed by atoms with Crippen LogP contribution in [0.5, 0.6) is 0 Å². The zero-order valence-corrected chi connectivity index (χ0v) is 11.6. The minimum atomic E-state index is -0.233. The molecule has 0 aliphatic carbocycles. The highest BCUT2D eigenvalue weighted by atomic mass is 35.5. The fourth-order valence-corrected chi connectivity index (χ4v) is 1.98. The molecule has 0 heterocycles. The lowest BCUT2D eigenvalue weighted by Crippen LogP contribution is -2.14. The second-order valence-electron chi connectivity index (χ2n) is 4.50. The lowest BCUT2D eigenvalue weighted by Gasteiger charge is -2.11. The van der Waals surface area contributed by atoms with Crippen molar-refractivity contribution in [1.82, 2.24) is 0 Å². The molecule has 0 atom stereocenters. The van der Waals surface area contributed by atoms with Crippen molar-refractivity contribution in [2.45, 2.75) is 13.8 Å². The summed E-state index contributed by atoms with van der Waals surface area (Å²) in [4.78, 5) is 12.2. The Morgan fingerprint density at radius 3 is 2.58 bits per heavy atom. The van der Waals surface area contributed by atoms with Crippen molar-refractivity contribution < 1.29 is 4.79 Å². The van der Waals surface area contributed by atoms with Crippen LogP contribution < -0.4 is 11.1 Å². The van der Waals surface area contributed by atoms with Crippen LogP contribution in [0.4, 0.5) is 11.4 Å². The number of hydrogen-bond acceptors (Lipinski definition) is 2. The summed E-state index contributed by atoms with van der Waals surface area (Å²) >= 11 is 5.82. The van der Waals surface area contributed by atoms with Gasteiger partial charge >= 0.3 is 0 Å². The number of amides is 1. The first-order valence-corrected chi connectivity index (χ1v) is 6.29. The molecule has 3 N–H and O–H groups in total. The fourth-order valence-electron chi connectivity index (χ4n) is 1.80. The molecule has 2 aromatic rings. The van der Waals surface area contributed by atoms with Crippen molar-refractivity contribution in [1.29, 1.82) is 0 Å². The molecule has 0 fully saturated rings. The highest BCUT2D eigenvalue weighted by Crippen LogP contribution is 2.21. The van der Waals surface area contributed by atoms with Gasteiger partial charge in [0.1, 0.15) is 0 Å². The van der Waals surface area contributed by atoms with Gasteiger partial charge in [0.25, 0.3) is 5.91 Å². The number of aryl methyl sites for hydroxylation is 2. The minimum Gasteiger partial charge on any atom is -0.398 e. The number of anilines is 2. The van der Waals surface area contributed by atoms with E-state index in [2.05, 4.69) is 5.32 Å². The zero-order chi connectivity index (χ0) is 14.0. The molecule has 0 unspecified atom stereocenters. The van der Waals surface area contributed by atoms with E-state index in [0.717, 1.165) is 16.8 Å². The molecule has 0 bridgehead atoms. The van der Waals surface area contributed by atoms with Crippen molar-refractivity contribution in [3.05, 3.63) is 58.1 Å². The van der Waals surface area contributed by atoms with Crippen LogP contribution in [0.2, 0.25) is 5.02 Å². The van der Waals surface area contributed by atoms with Crippen LogP contribution in [0.1, 0.15) is 21.5 Å². The Kier molecular flexibility index (Phi) is 3.76. The third kappa shape index (κ3) is 3.06. The number of rotatable bonds is 2. The van der Waals surface area contributed by atoms with Crippen molar-refractivity contribution in [3.8, 4) is 0 Å². The van der Waals surface area contributed by atoms with Crippen LogP contribution in [0.15, 0.2) is 36.4 Å². The molecule has 2 rings (SSSR count). The van der Waals surface area contributed by atoms with Crippen LogP contribution in [0.3, 0.4) is 0 Å². The predicted octanol–water partition coefficient (Wildman–Crippen LogP) is 3.79. The lowest BCUT2D eigenvalue weighted by atomic mass is 10.1. The Labute approximate surface area is 117 Å². The van der Waals surface area contributed by atoms with E-state index in [4.69, 9.17) is 17.3 Å². The van der Waals surface area contributed by atoms with E-state index in [9.17, 15) is 4.79 Å². The largest absolute Gasteiger partial charge is 0.398 e. The summed E-state index contributed by atoms with van der Waals surface area (Å²) in [6.07, 6.45) is 0. The van der Waals surface area contributed by atoms with Crippen LogP contribution in [0, 0.1) is 13.8 Å². The first kappa shape index (κ1) is 13.4. The van der Waals surface area contributed by atoms with E-state index in [1.165, 1.54) is 0 Å². The topological polar surface area (TPSA) is 55.1 Å². The fraction of sp³-hybridized carbons (Fsp3) is 0.133. The second-order valence-corrected chi connectivity index (χ2v) is 4.94. The maximum absolute atomic E-state index is 12.2. The van der Waals surface area contributed by atoms with Gasteiger partial charge in [-0.15, -0.1) is 0 Å². The third-order valence-corrected chi connectivity index (χ3v) is 3.13. The van der Waals surface area contributed by atoms with E-state index in [1.807, 2.05) is 32.0 Å². The molecule has 19 heavy (non-hydrogen) atoms. The maximum Gasteiger partial charge on any atom is 0.257 e. The molecule has 0 aromatic heterocycles. The van der Waals surface area contributed by atoms with Gasteiger partial charge in [-0.25, -0.2) is 0 Å². The van der Waals surface area contributed by atoms with Crippen molar-refractivity contribution in [2.24, 2.45) is 0 Å². The molecule has 0 saturated carbocycles. The molecule has 0 aliphatic heterocycles. The summed E-state index contributed by atoms with van der Waals surface area (Å²) < 4.78 is 0. The van der Waals surface area contributed by atoms with Gasteiger partial charge in [0.05, 0.1) is 5.56 Å². The minimum absolute atomic E-state index is 0.233. The first-order chi connectivity index (χ1) is 8.97. The van der Waals surface area contributed by atoms with Gasteiger partial charge in [-0.05, 0) is 49.2 Å². The molecule has 0 saturated heterocycles. The van der Waals surface area contributed by atoms with Gasteiger partial charge in [-0.2, -0.15) is 0 Å². The maximum atomic E-state index is 12.2. The standard InChI is InChI=1S/C15H15ClN2O/c1-9-3-4-10(2)14(7-9)18-15(19)12-6-5-11(16)8-13(12)17/h3-8H,17H2,1-2H3,(H,18,19). The Hall–Kier alpha value is -2.00. The summed E-state index contributed by atoms with van der Waals surface area (Å²) in [5, 5.41) is 3.38. The normalized spacial score (nSPS) is 10.3. The summed E-state index contributed by atoms with van der Waals surface area (Å²) in [7, 11) is 0. The number of hydrogen-bond donors (Lipinski definition) is 2. The second kappa shape index (κ2) is 5.33. The predicted molar refractivity (Wildman–Crippen MR) is 79.7 cm³/mol. The molecule has 0 aliphatic rings. The van der Waals surface area contributed by atoms with Gasteiger partial charge in [-0.3, -0.25) is 4.79 Å². The first-order valence-electron chi connectivity index (χ1n) is 5.91. The van der Waals surface area contributed by atoms with Crippen LogP contribution in [0.25, 0.3) is 0 Å². The number of halogens is 1. The number of nitrogens with one attached hydrogen (secondary N) is 1. The molecule has 3 nitrogen and oxygen atoms in total. The van der Waals surface area contributed by atoms with Crippen molar-refractivity contribution in [2.75, 3.05) is 11.1 Å². The van der Waals surface area contributed by atoms with Gasteiger partial charge in [0, 0.05) is 16.4 Å². The number of nitrogens with two attached hydrogens (primary N) is 1. The molecule has 2 aromatic carbocycles. The quantitative estimate of drug-likeness (QED) is 0.819. The van der Waals surface area contributed by atoms with Crippen LogP contribution in [-0.4, -0.2) is 5.91 Å². The lowest BCUT2D eigenvalue weighted by molar-refractivity contribution is 0.102. The van der Waals surface area contributed by atoms with Crippen LogP contribution in [-0.2, 0) is 0 Å². The SMILES string of the molecule is Cc1ccc(C)c(NC(=O)c2ccc(Cl)cc2N)c1. The van der Waals surface area contributed by atoms with E-state index in [-0.39, 0.29) is 5.91 Å². The average molecular weight is 275 g/mol. The molecule has 0 spiro atoms. The summed E-state index contributed by atoms with van der Waals surface area (Å²) in [6.45, 7) is 3.92. The zero-order valence-electron chi connectivity index (χ0n) is 10.8. The van der Waals surface area contributed by atoms with Gasteiger partial charge in [0.2, 0.25) is 0 Å². The van der Waals surface area contributed by atoms with Gasteiger partial charge in [0.15, 0.2) is 0 Å². The average Bonchev–Trinajstić information content (AvgIpc) is 2.33. The number of benzene rings is 2. The van der Waals surface area contributed by atoms with E-state index >= 15 is 0 Å².